The van der Waals surface area contributed by atoms with Gasteiger partial charge in [0.15, 0.2) is 0 Å². The fraction of sp³-hybridized carbons (Fsp3) is 0.438. The van der Waals surface area contributed by atoms with Gasteiger partial charge in [-0.3, -0.25) is 4.99 Å². The molecular weight excluding hydrogens is 236 g/mol. The van der Waals surface area contributed by atoms with Crippen LogP contribution < -0.4 is 4.74 Å². The van der Waals surface area contributed by atoms with Gasteiger partial charge in [-0.25, -0.2) is 0 Å². The van der Waals surface area contributed by atoms with E-state index >= 15 is 0 Å². The lowest BCUT2D eigenvalue weighted by Crippen LogP contribution is -2.32. The van der Waals surface area contributed by atoms with Crippen LogP contribution in [0.15, 0.2) is 41.0 Å². The van der Waals surface area contributed by atoms with Gasteiger partial charge in [0.25, 0.3) is 0 Å². The van der Waals surface area contributed by atoms with Crippen molar-refractivity contribution in [1.82, 2.24) is 4.90 Å². The summed E-state index contributed by atoms with van der Waals surface area (Å²) in [4.78, 5) is 6.74. The Morgan fingerprint density at radius 2 is 1.89 bits per heavy atom. The molecule has 0 aromatic heterocycles. The molecule has 1 saturated heterocycles. The van der Waals surface area contributed by atoms with E-state index in [1.165, 1.54) is 24.1 Å². The van der Waals surface area contributed by atoms with Crippen LogP contribution in [0.5, 0.6) is 5.75 Å². The summed E-state index contributed by atoms with van der Waals surface area (Å²) < 4.78 is 5.21. The monoisotopic (exact) mass is 256 g/mol. The van der Waals surface area contributed by atoms with Gasteiger partial charge >= 0.3 is 0 Å². The van der Waals surface area contributed by atoms with E-state index in [-0.39, 0.29) is 0 Å². The van der Waals surface area contributed by atoms with Crippen molar-refractivity contribution in [3.8, 4) is 5.75 Å². The highest BCUT2D eigenvalue weighted by molar-refractivity contribution is 5.74. The average molecular weight is 256 g/mol. The Balaban J connectivity index is 1.60. The molecule has 0 spiro atoms. The highest BCUT2D eigenvalue weighted by Gasteiger charge is 2.22. The highest BCUT2D eigenvalue weighted by atomic mass is 16.5. The van der Waals surface area contributed by atoms with Gasteiger partial charge in [0.2, 0.25) is 0 Å². The SMILES string of the molecule is COc1ccc(C2CCN(C3=CC=NC3)CC2)cc1. The number of ether oxygens (including phenoxy) is 1. The topological polar surface area (TPSA) is 24.8 Å². The van der Waals surface area contributed by atoms with Crippen molar-refractivity contribution in [1.29, 1.82) is 0 Å². The van der Waals surface area contributed by atoms with Crippen molar-refractivity contribution < 1.29 is 4.74 Å². The summed E-state index contributed by atoms with van der Waals surface area (Å²) in [6.07, 6.45) is 6.52. The number of aliphatic imine (C=N–C) groups is 1. The second-order valence-corrected chi connectivity index (χ2v) is 5.18. The lowest BCUT2D eigenvalue weighted by Gasteiger charge is -2.34. The van der Waals surface area contributed by atoms with E-state index in [1.54, 1.807) is 7.11 Å². The molecule has 3 nitrogen and oxygen atoms in total. The minimum Gasteiger partial charge on any atom is -0.497 e. The third-order valence-corrected chi connectivity index (χ3v) is 4.11. The normalized spacial score (nSPS) is 19.6. The van der Waals surface area contributed by atoms with E-state index in [1.807, 2.05) is 6.21 Å². The standard InChI is InChI=1S/C16H20N2O/c1-19-16-4-2-13(3-5-16)14-7-10-18(11-8-14)15-6-9-17-12-15/h2-6,9,14H,7-8,10-12H2,1H3. The second-order valence-electron chi connectivity index (χ2n) is 5.18. The first-order chi connectivity index (χ1) is 9.36. The van der Waals surface area contributed by atoms with Crippen LogP contribution in [-0.4, -0.2) is 37.9 Å². The molecule has 1 fully saturated rings. The van der Waals surface area contributed by atoms with Gasteiger partial charge in [-0.05, 0) is 42.5 Å². The largest absolute Gasteiger partial charge is 0.497 e. The van der Waals surface area contributed by atoms with Crippen molar-refractivity contribution in [3.05, 3.63) is 41.6 Å². The molecule has 2 aliphatic heterocycles. The number of piperidine rings is 1. The van der Waals surface area contributed by atoms with Crippen molar-refractivity contribution in [2.75, 3.05) is 26.7 Å². The van der Waals surface area contributed by atoms with Gasteiger partial charge < -0.3 is 9.64 Å². The summed E-state index contributed by atoms with van der Waals surface area (Å²) in [5.74, 6) is 1.62. The molecule has 19 heavy (non-hydrogen) atoms. The number of methoxy groups -OCH3 is 1. The van der Waals surface area contributed by atoms with Crippen LogP contribution in [0.3, 0.4) is 0 Å². The van der Waals surface area contributed by atoms with E-state index in [9.17, 15) is 0 Å². The zero-order valence-corrected chi connectivity index (χ0v) is 11.4. The number of rotatable bonds is 3. The van der Waals surface area contributed by atoms with E-state index in [2.05, 4.69) is 40.2 Å². The van der Waals surface area contributed by atoms with Crippen LogP contribution in [0.1, 0.15) is 24.3 Å². The third kappa shape index (κ3) is 2.65. The summed E-state index contributed by atoms with van der Waals surface area (Å²) in [5, 5.41) is 0. The number of likely N-dealkylation sites (tertiary alicyclic amines) is 1. The van der Waals surface area contributed by atoms with Crippen molar-refractivity contribution in [2.45, 2.75) is 18.8 Å². The van der Waals surface area contributed by atoms with Crippen LogP contribution in [0, 0.1) is 0 Å². The fourth-order valence-electron chi connectivity index (χ4n) is 2.92. The van der Waals surface area contributed by atoms with E-state index in [0.29, 0.717) is 5.92 Å². The van der Waals surface area contributed by atoms with Gasteiger partial charge in [-0.1, -0.05) is 12.1 Å². The summed E-state index contributed by atoms with van der Waals surface area (Å²) in [6.45, 7) is 3.16. The quantitative estimate of drug-likeness (QED) is 0.830. The van der Waals surface area contributed by atoms with Crippen LogP contribution in [0.25, 0.3) is 0 Å². The molecule has 0 atom stereocenters. The van der Waals surface area contributed by atoms with Gasteiger partial charge in [0.05, 0.1) is 13.7 Å². The van der Waals surface area contributed by atoms with Gasteiger partial charge in [-0.15, -0.1) is 0 Å². The van der Waals surface area contributed by atoms with Crippen molar-refractivity contribution in [2.24, 2.45) is 4.99 Å². The zero-order valence-electron chi connectivity index (χ0n) is 11.4. The maximum atomic E-state index is 5.21. The molecule has 0 aliphatic carbocycles. The lowest BCUT2D eigenvalue weighted by molar-refractivity contribution is 0.262. The molecule has 3 heteroatoms. The average Bonchev–Trinajstić information content (AvgIpc) is 3.02. The molecule has 0 radical (unpaired) electrons. The molecule has 0 amide bonds. The second kappa shape index (κ2) is 5.47. The zero-order chi connectivity index (χ0) is 13.1. The van der Waals surface area contributed by atoms with E-state index in [0.717, 1.165) is 25.4 Å². The predicted octanol–water partition coefficient (Wildman–Crippen LogP) is 2.84. The Morgan fingerprint density at radius 3 is 2.47 bits per heavy atom. The minimum atomic E-state index is 0.685. The third-order valence-electron chi connectivity index (χ3n) is 4.11. The Morgan fingerprint density at radius 1 is 1.16 bits per heavy atom. The molecule has 2 heterocycles. The number of allylic oxidation sites excluding steroid dienone is 1. The van der Waals surface area contributed by atoms with Crippen molar-refractivity contribution >= 4 is 6.21 Å². The van der Waals surface area contributed by atoms with Gasteiger partial charge in [0, 0.05) is 25.0 Å². The molecule has 0 saturated carbocycles. The maximum Gasteiger partial charge on any atom is 0.118 e. The summed E-state index contributed by atoms with van der Waals surface area (Å²) in [6, 6.07) is 8.54. The molecule has 0 N–H and O–H groups in total. The first-order valence-electron chi connectivity index (χ1n) is 6.94. The summed E-state index contributed by atoms with van der Waals surface area (Å²) in [5.41, 5.74) is 2.82. The van der Waals surface area contributed by atoms with Gasteiger partial charge in [0.1, 0.15) is 5.75 Å². The Kier molecular flexibility index (Phi) is 3.53. The molecule has 100 valence electrons. The number of nitrogens with zero attached hydrogens (tertiary/aromatic N) is 2. The molecule has 1 aromatic rings. The molecule has 0 bridgehead atoms. The number of benzene rings is 1. The van der Waals surface area contributed by atoms with Crippen LogP contribution in [-0.2, 0) is 0 Å². The minimum absolute atomic E-state index is 0.685. The summed E-state index contributed by atoms with van der Waals surface area (Å²) >= 11 is 0. The first-order valence-corrected chi connectivity index (χ1v) is 6.94. The Labute approximate surface area is 114 Å². The first kappa shape index (κ1) is 12.3. The lowest BCUT2D eigenvalue weighted by atomic mass is 9.89. The summed E-state index contributed by atoms with van der Waals surface area (Å²) in [7, 11) is 1.71. The number of hydrogen-bond acceptors (Lipinski definition) is 3. The molecule has 1 aromatic carbocycles. The fourth-order valence-corrected chi connectivity index (χ4v) is 2.92. The Bertz CT molecular complexity index is 482. The number of hydrogen-bond donors (Lipinski definition) is 0. The highest BCUT2D eigenvalue weighted by Crippen LogP contribution is 2.30. The van der Waals surface area contributed by atoms with E-state index < -0.39 is 0 Å². The van der Waals surface area contributed by atoms with Crippen LogP contribution >= 0.6 is 0 Å². The van der Waals surface area contributed by atoms with Crippen LogP contribution in [0.2, 0.25) is 0 Å². The molecule has 3 rings (SSSR count). The maximum absolute atomic E-state index is 5.21. The van der Waals surface area contributed by atoms with Crippen LogP contribution in [0.4, 0.5) is 0 Å². The van der Waals surface area contributed by atoms with Gasteiger partial charge in [-0.2, -0.15) is 0 Å². The Hall–Kier alpha value is -1.77. The predicted molar refractivity (Wildman–Crippen MR) is 78.0 cm³/mol. The smallest absolute Gasteiger partial charge is 0.118 e. The van der Waals surface area contributed by atoms with E-state index in [4.69, 9.17) is 4.74 Å². The van der Waals surface area contributed by atoms with Crippen molar-refractivity contribution in [3.63, 3.8) is 0 Å². The molecular formula is C16H20N2O. The molecule has 2 aliphatic rings. The molecule has 0 unspecified atom stereocenters.